The van der Waals surface area contributed by atoms with Crippen LogP contribution < -0.4 is 0 Å². The van der Waals surface area contributed by atoms with Gasteiger partial charge in [-0.25, -0.2) is 4.98 Å². The van der Waals surface area contributed by atoms with Crippen LogP contribution in [0.3, 0.4) is 0 Å². The maximum atomic E-state index is 12.3. The second-order valence-corrected chi connectivity index (χ2v) is 6.64. The molecule has 19 heavy (non-hydrogen) atoms. The topological polar surface area (TPSA) is 33.2 Å². The first-order chi connectivity index (χ1) is 8.88. The van der Waals surface area contributed by atoms with Gasteiger partial charge in [0.15, 0.2) is 0 Å². The van der Waals surface area contributed by atoms with Gasteiger partial charge in [0.2, 0.25) is 0 Å². The normalized spacial score (nSPS) is 16.2. The minimum atomic E-state index is 0.00510. The summed E-state index contributed by atoms with van der Waals surface area (Å²) in [6, 6.07) is 5.42. The van der Waals surface area contributed by atoms with Crippen molar-refractivity contribution in [1.82, 2.24) is 9.88 Å². The Hall–Kier alpha value is -1.16. The van der Waals surface area contributed by atoms with E-state index in [1.807, 2.05) is 17.0 Å². The van der Waals surface area contributed by atoms with E-state index in [9.17, 15) is 4.79 Å². The summed E-state index contributed by atoms with van der Waals surface area (Å²) in [5, 5.41) is 0. The number of halogens is 1. The molecular formula is C15H19BrN2O. The van der Waals surface area contributed by atoms with Crippen molar-refractivity contribution in [3.8, 4) is 0 Å². The van der Waals surface area contributed by atoms with E-state index < -0.39 is 0 Å². The van der Waals surface area contributed by atoms with Gasteiger partial charge in [-0.05, 0) is 39.9 Å². The fourth-order valence-corrected chi connectivity index (χ4v) is 2.57. The van der Waals surface area contributed by atoms with E-state index in [2.05, 4.69) is 47.8 Å². The first-order valence-corrected chi connectivity index (χ1v) is 7.28. The van der Waals surface area contributed by atoms with Crippen molar-refractivity contribution in [3.05, 3.63) is 40.1 Å². The number of rotatable bonds is 1. The molecular weight excluding hydrogens is 304 g/mol. The molecule has 2 rings (SSSR count). The van der Waals surface area contributed by atoms with Crippen molar-refractivity contribution >= 4 is 21.8 Å². The van der Waals surface area contributed by atoms with E-state index >= 15 is 0 Å². The largest absolute Gasteiger partial charge is 0.333 e. The molecule has 1 aromatic rings. The van der Waals surface area contributed by atoms with Crippen molar-refractivity contribution in [2.45, 2.75) is 27.2 Å². The molecule has 2 heterocycles. The van der Waals surface area contributed by atoms with E-state index in [1.54, 1.807) is 6.07 Å². The molecule has 1 amide bonds. The van der Waals surface area contributed by atoms with Gasteiger partial charge >= 0.3 is 0 Å². The quantitative estimate of drug-likeness (QED) is 0.584. The number of hydrogen-bond donors (Lipinski definition) is 0. The lowest BCUT2D eigenvalue weighted by Crippen LogP contribution is -2.36. The van der Waals surface area contributed by atoms with Gasteiger partial charge in [-0.2, -0.15) is 0 Å². The molecule has 1 aliphatic heterocycles. The van der Waals surface area contributed by atoms with Crippen LogP contribution in [0.4, 0.5) is 0 Å². The third-order valence-corrected chi connectivity index (χ3v) is 3.84. The Labute approximate surface area is 122 Å². The van der Waals surface area contributed by atoms with Gasteiger partial charge in [-0.1, -0.05) is 38.5 Å². The second kappa shape index (κ2) is 5.45. The van der Waals surface area contributed by atoms with Crippen molar-refractivity contribution in [3.63, 3.8) is 0 Å². The Kier molecular flexibility index (Phi) is 4.09. The zero-order valence-electron chi connectivity index (χ0n) is 11.6. The molecule has 102 valence electrons. The summed E-state index contributed by atoms with van der Waals surface area (Å²) in [4.78, 5) is 18.4. The third-order valence-electron chi connectivity index (χ3n) is 3.39. The Balaban J connectivity index is 2.10. The van der Waals surface area contributed by atoms with Crippen LogP contribution in [-0.2, 0) is 0 Å². The molecule has 0 N–H and O–H groups in total. The van der Waals surface area contributed by atoms with E-state index in [4.69, 9.17) is 0 Å². The molecule has 0 fully saturated rings. The first-order valence-electron chi connectivity index (χ1n) is 6.49. The zero-order valence-corrected chi connectivity index (χ0v) is 13.2. The van der Waals surface area contributed by atoms with Crippen LogP contribution in [0.15, 0.2) is 34.5 Å². The fourth-order valence-electron chi connectivity index (χ4n) is 2.22. The van der Waals surface area contributed by atoms with Crippen LogP contribution in [-0.4, -0.2) is 28.9 Å². The van der Waals surface area contributed by atoms with Crippen LogP contribution in [0.1, 0.15) is 37.7 Å². The molecule has 1 aromatic heterocycles. The molecule has 3 nitrogen and oxygen atoms in total. The molecule has 0 saturated heterocycles. The van der Waals surface area contributed by atoms with Crippen LogP contribution in [0.5, 0.6) is 0 Å². The van der Waals surface area contributed by atoms with Gasteiger partial charge in [0.05, 0.1) is 0 Å². The number of pyridine rings is 1. The smallest absolute Gasteiger partial charge is 0.272 e. The average molecular weight is 323 g/mol. The highest BCUT2D eigenvalue weighted by Crippen LogP contribution is 2.30. The summed E-state index contributed by atoms with van der Waals surface area (Å²) in [6.45, 7) is 8.10. The Bertz CT molecular complexity index is 517. The first kappa shape index (κ1) is 14.3. The molecule has 0 aromatic carbocycles. The molecule has 0 unspecified atom stereocenters. The van der Waals surface area contributed by atoms with E-state index in [-0.39, 0.29) is 11.3 Å². The molecule has 0 aliphatic carbocycles. The van der Waals surface area contributed by atoms with Crippen molar-refractivity contribution in [1.29, 1.82) is 0 Å². The summed E-state index contributed by atoms with van der Waals surface area (Å²) in [6.07, 6.45) is 3.13. The highest BCUT2D eigenvalue weighted by Gasteiger charge is 2.24. The van der Waals surface area contributed by atoms with E-state index in [0.29, 0.717) is 16.8 Å². The van der Waals surface area contributed by atoms with Crippen molar-refractivity contribution < 1.29 is 4.79 Å². The molecule has 1 aliphatic rings. The van der Waals surface area contributed by atoms with Crippen LogP contribution in [0, 0.1) is 5.41 Å². The summed E-state index contributed by atoms with van der Waals surface area (Å²) in [7, 11) is 0. The number of carbonyl (C=O) groups is 1. The third kappa shape index (κ3) is 3.44. The fraction of sp³-hybridized carbons (Fsp3) is 0.467. The Morgan fingerprint density at radius 1 is 1.37 bits per heavy atom. The molecule has 0 atom stereocenters. The van der Waals surface area contributed by atoms with Gasteiger partial charge in [-0.15, -0.1) is 0 Å². The molecule has 0 saturated carbocycles. The summed E-state index contributed by atoms with van der Waals surface area (Å²) < 4.78 is 0.696. The van der Waals surface area contributed by atoms with Gasteiger partial charge in [-0.3, -0.25) is 4.79 Å². The lowest BCUT2D eigenvalue weighted by molar-refractivity contribution is 0.0759. The van der Waals surface area contributed by atoms with Crippen molar-refractivity contribution in [2.24, 2.45) is 5.41 Å². The van der Waals surface area contributed by atoms with Crippen LogP contribution >= 0.6 is 15.9 Å². The highest BCUT2D eigenvalue weighted by atomic mass is 79.9. The number of carbonyl (C=O) groups excluding carboxylic acids is 1. The minimum absolute atomic E-state index is 0.00510. The van der Waals surface area contributed by atoms with Gasteiger partial charge in [0.25, 0.3) is 5.91 Å². The lowest BCUT2D eigenvalue weighted by atomic mass is 9.83. The number of nitrogens with zero attached hydrogens (tertiary/aromatic N) is 2. The standard InChI is InChI=1S/C15H19BrN2O/c1-15(2,3)11-7-9-18(10-8-11)14(19)12-5-4-6-13(16)17-12/h4-7H,8-10H2,1-3H3. The van der Waals surface area contributed by atoms with E-state index in [1.165, 1.54) is 5.57 Å². The summed E-state index contributed by atoms with van der Waals surface area (Å²) >= 11 is 3.30. The summed E-state index contributed by atoms with van der Waals surface area (Å²) in [5.74, 6) is 0.00510. The number of hydrogen-bond acceptors (Lipinski definition) is 2. The van der Waals surface area contributed by atoms with Gasteiger partial charge in [0.1, 0.15) is 10.3 Å². The van der Waals surface area contributed by atoms with Gasteiger partial charge in [0, 0.05) is 13.1 Å². The predicted octanol–water partition coefficient (Wildman–Crippen LogP) is 3.66. The predicted molar refractivity (Wildman–Crippen MR) is 80.0 cm³/mol. The van der Waals surface area contributed by atoms with Crippen LogP contribution in [0.2, 0.25) is 0 Å². The number of aromatic nitrogens is 1. The van der Waals surface area contributed by atoms with E-state index in [0.717, 1.165) is 13.0 Å². The average Bonchev–Trinajstić information content (AvgIpc) is 2.37. The van der Waals surface area contributed by atoms with Gasteiger partial charge < -0.3 is 4.90 Å². The summed E-state index contributed by atoms with van der Waals surface area (Å²) in [5.41, 5.74) is 2.13. The monoisotopic (exact) mass is 322 g/mol. The van der Waals surface area contributed by atoms with Crippen LogP contribution in [0.25, 0.3) is 0 Å². The molecule has 0 bridgehead atoms. The Morgan fingerprint density at radius 3 is 2.63 bits per heavy atom. The molecule has 4 heteroatoms. The highest BCUT2D eigenvalue weighted by molar-refractivity contribution is 9.10. The number of amides is 1. The zero-order chi connectivity index (χ0) is 14.0. The second-order valence-electron chi connectivity index (χ2n) is 5.83. The minimum Gasteiger partial charge on any atom is -0.333 e. The molecule has 0 spiro atoms. The SMILES string of the molecule is CC(C)(C)C1=CCN(C(=O)c2cccc(Br)n2)CC1. The Morgan fingerprint density at radius 2 is 2.11 bits per heavy atom. The van der Waals surface area contributed by atoms with Crippen molar-refractivity contribution in [2.75, 3.05) is 13.1 Å². The lowest BCUT2D eigenvalue weighted by Gasteiger charge is -2.32. The molecule has 0 radical (unpaired) electrons. The maximum Gasteiger partial charge on any atom is 0.272 e. The maximum absolute atomic E-state index is 12.3.